The van der Waals surface area contributed by atoms with Gasteiger partial charge in [0.05, 0.1) is 6.10 Å². The fraction of sp³-hybridized carbons (Fsp3) is 0.273. The van der Waals surface area contributed by atoms with Crippen LogP contribution < -0.4 is 11.1 Å². The summed E-state index contributed by atoms with van der Waals surface area (Å²) in [5, 5.41) is 2.53. The van der Waals surface area contributed by atoms with Crippen LogP contribution in [0.15, 0.2) is 24.3 Å². The van der Waals surface area contributed by atoms with Crippen LogP contribution in [-0.2, 0) is 4.74 Å². The summed E-state index contributed by atoms with van der Waals surface area (Å²) >= 11 is 0. The predicted molar refractivity (Wildman–Crippen MR) is 60.2 cm³/mol. The van der Waals surface area contributed by atoms with Crippen LogP contribution in [0.25, 0.3) is 0 Å². The van der Waals surface area contributed by atoms with E-state index in [0.717, 1.165) is 0 Å². The first-order valence-electron chi connectivity index (χ1n) is 4.86. The largest absolute Gasteiger partial charge is 0.447 e. The molecule has 1 aromatic carbocycles. The zero-order chi connectivity index (χ0) is 12.1. The molecule has 2 amide bonds. The van der Waals surface area contributed by atoms with E-state index in [1.807, 2.05) is 0 Å². The maximum atomic E-state index is 11.2. The van der Waals surface area contributed by atoms with Gasteiger partial charge in [-0.15, -0.1) is 0 Å². The SMILES string of the molecule is CC(C)OC(=O)Nc1ccc(C(N)=O)cc1. The van der Waals surface area contributed by atoms with Crippen LogP contribution in [0.3, 0.4) is 0 Å². The number of amides is 2. The average Bonchev–Trinajstić information content (AvgIpc) is 2.16. The highest BCUT2D eigenvalue weighted by Crippen LogP contribution is 2.09. The fourth-order valence-electron chi connectivity index (χ4n) is 1.08. The highest BCUT2D eigenvalue weighted by atomic mass is 16.6. The van der Waals surface area contributed by atoms with E-state index in [4.69, 9.17) is 10.5 Å². The Balaban J connectivity index is 2.62. The van der Waals surface area contributed by atoms with Gasteiger partial charge in [0.15, 0.2) is 0 Å². The topological polar surface area (TPSA) is 81.4 Å². The number of carbonyl (C=O) groups is 2. The van der Waals surface area contributed by atoms with Crippen molar-refractivity contribution in [2.45, 2.75) is 20.0 Å². The van der Waals surface area contributed by atoms with Crippen LogP contribution in [0.4, 0.5) is 10.5 Å². The fourth-order valence-corrected chi connectivity index (χ4v) is 1.08. The Hall–Kier alpha value is -2.04. The molecule has 0 saturated heterocycles. The minimum Gasteiger partial charge on any atom is -0.447 e. The summed E-state index contributed by atoms with van der Waals surface area (Å²) in [6, 6.07) is 6.24. The molecule has 0 radical (unpaired) electrons. The maximum absolute atomic E-state index is 11.2. The summed E-state index contributed by atoms with van der Waals surface area (Å²) in [4.78, 5) is 22.0. The van der Waals surface area contributed by atoms with E-state index in [1.165, 1.54) is 12.1 Å². The van der Waals surface area contributed by atoms with Crippen molar-refractivity contribution >= 4 is 17.7 Å². The van der Waals surface area contributed by atoms with Gasteiger partial charge in [0, 0.05) is 11.3 Å². The molecule has 86 valence electrons. The lowest BCUT2D eigenvalue weighted by Crippen LogP contribution is -2.18. The third-order valence-electron chi connectivity index (χ3n) is 1.76. The first-order valence-corrected chi connectivity index (χ1v) is 4.86. The minimum atomic E-state index is -0.526. The smallest absolute Gasteiger partial charge is 0.411 e. The number of hydrogen-bond donors (Lipinski definition) is 2. The molecule has 0 aromatic heterocycles. The van der Waals surface area contributed by atoms with Gasteiger partial charge in [-0.05, 0) is 38.1 Å². The first-order chi connectivity index (χ1) is 7.49. The van der Waals surface area contributed by atoms with Crippen LogP contribution in [-0.4, -0.2) is 18.1 Å². The van der Waals surface area contributed by atoms with Crippen molar-refractivity contribution in [3.05, 3.63) is 29.8 Å². The van der Waals surface area contributed by atoms with Crippen molar-refractivity contribution in [3.8, 4) is 0 Å². The van der Waals surface area contributed by atoms with Crippen LogP contribution >= 0.6 is 0 Å². The molecule has 5 heteroatoms. The molecule has 0 unspecified atom stereocenters. The molecule has 0 fully saturated rings. The van der Waals surface area contributed by atoms with Gasteiger partial charge in [0.25, 0.3) is 0 Å². The van der Waals surface area contributed by atoms with Gasteiger partial charge in [-0.25, -0.2) is 4.79 Å². The molecule has 0 heterocycles. The van der Waals surface area contributed by atoms with Gasteiger partial charge in [-0.2, -0.15) is 0 Å². The number of anilines is 1. The Morgan fingerprint density at radius 1 is 1.25 bits per heavy atom. The normalized spacial score (nSPS) is 9.94. The van der Waals surface area contributed by atoms with Crippen LogP contribution in [0, 0.1) is 0 Å². The number of nitrogens with two attached hydrogens (primary N) is 1. The molecule has 0 aliphatic rings. The molecular formula is C11H14N2O3. The van der Waals surface area contributed by atoms with E-state index in [9.17, 15) is 9.59 Å². The van der Waals surface area contributed by atoms with Crippen LogP contribution in [0.5, 0.6) is 0 Å². The Kier molecular flexibility index (Phi) is 3.88. The summed E-state index contributed by atoms with van der Waals surface area (Å²) in [6.07, 6.45) is -0.702. The van der Waals surface area contributed by atoms with Gasteiger partial charge in [-0.1, -0.05) is 0 Å². The highest BCUT2D eigenvalue weighted by molar-refractivity contribution is 5.93. The molecule has 5 nitrogen and oxygen atoms in total. The van der Waals surface area contributed by atoms with Gasteiger partial charge in [-0.3, -0.25) is 10.1 Å². The van der Waals surface area contributed by atoms with Crippen molar-refractivity contribution in [2.24, 2.45) is 5.73 Å². The summed E-state index contributed by atoms with van der Waals surface area (Å²) in [7, 11) is 0. The standard InChI is InChI=1S/C11H14N2O3/c1-7(2)16-11(15)13-9-5-3-8(4-6-9)10(12)14/h3-7H,1-2H3,(H2,12,14)(H,13,15). The van der Waals surface area contributed by atoms with E-state index in [2.05, 4.69) is 5.32 Å². The molecular weight excluding hydrogens is 208 g/mol. The number of rotatable bonds is 3. The minimum absolute atomic E-state index is 0.176. The number of benzene rings is 1. The van der Waals surface area contributed by atoms with Crippen LogP contribution in [0.2, 0.25) is 0 Å². The Morgan fingerprint density at radius 2 is 1.81 bits per heavy atom. The molecule has 16 heavy (non-hydrogen) atoms. The summed E-state index contributed by atoms with van der Waals surface area (Å²) in [6.45, 7) is 3.52. The quantitative estimate of drug-likeness (QED) is 0.817. The third-order valence-corrected chi connectivity index (χ3v) is 1.76. The lowest BCUT2D eigenvalue weighted by molar-refractivity contribution is 0.1000. The Labute approximate surface area is 93.6 Å². The van der Waals surface area contributed by atoms with E-state index < -0.39 is 12.0 Å². The van der Waals surface area contributed by atoms with Crippen molar-refractivity contribution in [1.82, 2.24) is 0 Å². The molecule has 3 N–H and O–H groups in total. The monoisotopic (exact) mass is 222 g/mol. The number of primary amides is 1. The summed E-state index contributed by atoms with van der Waals surface area (Å²) in [5.41, 5.74) is 6.02. The van der Waals surface area contributed by atoms with E-state index in [1.54, 1.807) is 26.0 Å². The zero-order valence-corrected chi connectivity index (χ0v) is 9.19. The average molecular weight is 222 g/mol. The van der Waals surface area contributed by atoms with Gasteiger partial charge in [0.1, 0.15) is 0 Å². The second-order valence-electron chi connectivity index (χ2n) is 3.52. The number of ether oxygens (including phenoxy) is 1. The van der Waals surface area contributed by atoms with E-state index in [0.29, 0.717) is 11.3 Å². The number of carbonyl (C=O) groups excluding carboxylic acids is 2. The molecule has 0 aliphatic heterocycles. The molecule has 0 spiro atoms. The Bertz CT molecular complexity index is 385. The molecule has 0 atom stereocenters. The molecule has 1 rings (SSSR count). The lowest BCUT2D eigenvalue weighted by Gasteiger charge is -2.09. The predicted octanol–water partition coefficient (Wildman–Crippen LogP) is 1.74. The van der Waals surface area contributed by atoms with E-state index in [-0.39, 0.29) is 6.10 Å². The molecule has 0 saturated carbocycles. The number of nitrogens with one attached hydrogen (secondary N) is 1. The molecule has 0 aliphatic carbocycles. The van der Waals surface area contributed by atoms with Gasteiger partial charge < -0.3 is 10.5 Å². The second-order valence-corrected chi connectivity index (χ2v) is 3.52. The highest BCUT2D eigenvalue weighted by Gasteiger charge is 2.06. The van der Waals surface area contributed by atoms with Crippen molar-refractivity contribution in [2.75, 3.05) is 5.32 Å². The Morgan fingerprint density at radius 3 is 2.25 bits per heavy atom. The van der Waals surface area contributed by atoms with Crippen LogP contribution in [0.1, 0.15) is 24.2 Å². The second kappa shape index (κ2) is 5.16. The number of hydrogen-bond acceptors (Lipinski definition) is 3. The first kappa shape index (κ1) is 12.0. The van der Waals surface area contributed by atoms with Crippen molar-refractivity contribution in [3.63, 3.8) is 0 Å². The maximum Gasteiger partial charge on any atom is 0.411 e. The van der Waals surface area contributed by atoms with Gasteiger partial charge in [0.2, 0.25) is 5.91 Å². The van der Waals surface area contributed by atoms with E-state index >= 15 is 0 Å². The molecule has 1 aromatic rings. The van der Waals surface area contributed by atoms with Crippen molar-refractivity contribution in [1.29, 1.82) is 0 Å². The summed E-state index contributed by atoms with van der Waals surface area (Å²) < 4.78 is 4.89. The van der Waals surface area contributed by atoms with Crippen molar-refractivity contribution < 1.29 is 14.3 Å². The lowest BCUT2D eigenvalue weighted by atomic mass is 10.2. The van der Waals surface area contributed by atoms with Gasteiger partial charge >= 0.3 is 6.09 Å². The molecule has 0 bridgehead atoms. The summed E-state index contributed by atoms with van der Waals surface area (Å²) in [5.74, 6) is -0.503. The zero-order valence-electron chi connectivity index (χ0n) is 9.19. The third kappa shape index (κ3) is 3.61.